The Morgan fingerprint density at radius 3 is 2.74 bits per heavy atom. The van der Waals surface area contributed by atoms with Gasteiger partial charge in [-0.2, -0.15) is 0 Å². The molecule has 4 rings (SSSR count). The van der Waals surface area contributed by atoms with Crippen LogP contribution in [0.25, 0.3) is 0 Å². The van der Waals surface area contributed by atoms with Crippen LogP contribution in [-0.2, 0) is 17.6 Å². The molecule has 142 valence electrons. The molecule has 0 radical (unpaired) electrons. The number of hydrogen-bond donors (Lipinski definition) is 0. The largest absolute Gasteiger partial charge is 0.492 e. The summed E-state index contributed by atoms with van der Waals surface area (Å²) in [6.45, 7) is 1.18. The van der Waals surface area contributed by atoms with Crippen LogP contribution in [0.4, 0.5) is 0 Å². The van der Waals surface area contributed by atoms with Gasteiger partial charge in [-0.15, -0.1) is 0 Å². The van der Waals surface area contributed by atoms with Crippen LogP contribution >= 0.6 is 0 Å². The van der Waals surface area contributed by atoms with Crippen LogP contribution < -0.4 is 14.2 Å². The molecule has 2 aromatic carbocycles. The molecule has 0 amide bonds. The van der Waals surface area contributed by atoms with Crippen LogP contribution in [0.5, 0.6) is 17.2 Å². The zero-order chi connectivity index (χ0) is 19.0. The smallest absolute Gasteiger partial charge is 0.231 e. The highest BCUT2D eigenvalue weighted by Crippen LogP contribution is 2.51. The number of Topliss-reactive ketones (excluding diaryl/α,β-unsaturated/α-hetero) is 1. The van der Waals surface area contributed by atoms with Gasteiger partial charge in [0.1, 0.15) is 11.8 Å². The van der Waals surface area contributed by atoms with Crippen molar-refractivity contribution < 1.29 is 23.5 Å². The molecular formula is C22H26NO4+. The quantitative estimate of drug-likeness (QED) is 0.760. The third kappa shape index (κ3) is 3.28. The Hall–Kier alpha value is -2.53. The number of ketones is 1. The number of carbonyl (C=O) groups is 1. The molecule has 27 heavy (non-hydrogen) atoms. The van der Waals surface area contributed by atoms with Gasteiger partial charge in [-0.25, -0.2) is 0 Å². The normalized spacial score (nSPS) is 19.4. The van der Waals surface area contributed by atoms with Gasteiger partial charge >= 0.3 is 0 Å². The Morgan fingerprint density at radius 1 is 1.22 bits per heavy atom. The number of fused-ring (bicyclic) bond motifs is 2. The fraction of sp³-hybridized carbons (Fsp3) is 0.409. The lowest BCUT2D eigenvalue weighted by Crippen LogP contribution is -2.48. The van der Waals surface area contributed by atoms with Crippen LogP contribution in [0, 0.1) is 0 Å². The number of nitrogens with zero attached hydrogens (tertiary/aromatic N) is 1. The molecule has 2 heterocycles. The van der Waals surface area contributed by atoms with E-state index in [0.29, 0.717) is 18.6 Å². The molecule has 2 aliphatic heterocycles. The first kappa shape index (κ1) is 17.9. The predicted octanol–water partition coefficient (Wildman–Crippen LogP) is 3.30. The fourth-order valence-corrected chi connectivity index (χ4v) is 4.23. The highest BCUT2D eigenvalue weighted by Gasteiger charge is 2.42. The summed E-state index contributed by atoms with van der Waals surface area (Å²) >= 11 is 0. The minimum absolute atomic E-state index is 0.0365. The van der Waals surface area contributed by atoms with E-state index in [4.69, 9.17) is 14.2 Å². The lowest BCUT2D eigenvalue weighted by Gasteiger charge is -2.43. The second-order valence-corrected chi connectivity index (χ2v) is 7.89. The molecule has 0 aromatic heterocycles. The topological polar surface area (TPSA) is 44.8 Å². The number of rotatable bonds is 5. The van der Waals surface area contributed by atoms with Gasteiger partial charge in [0.05, 0.1) is 39.7 Å². The van der Waals surface area contributed by atoms with Gasteiger partial charge < -0.3 is 18.7 Å². The van der Waals surface area contributed by atoms with Gasteiger partial charge in [0.15, 0.2) is 11.5 Å². The summed E-state index contributed by atoms with van der Waals surface area (Å²) < 4.78 is 17.8. The summed E-state index contributed by atoms with van der Waals surface area (Å²) in [6, 6.07) is 12.0. The van der Waals surface area contributed by atoms with Crippen LogP contribution in [-0.4, -0.2) is 44.8 Å². The number of methoxy groups -OCH3 is 1. The Labute approximate surface area is 160 Å². The average Bonchev–Trinajstić information content (AvgIpc) is 3.11. The van der Waals surface area contributed by atoms with Crippen LogP contribution in [0.3, 0.4) is 0 Å². The minimum Gasteiger partial charge on any atom is -0.492 e. The molecule has 0 saturated heterocycles. The molecule has 2 aromatic rings. The molecule has 0 N–H and O–H groups in total. The minimum atomic E-state index is 0.0365. The predicted molar refractivity (Wildman–Crippen MR) is 102 cm³/mol. The van der Waals surface area contributed by atoms with Gasteiger partial charge in [0.25, 0.3) is 0 Å². The summed E-state index contributed by atoms with van der Waals surface area (Å²) in [7, 11) is 6.04. The molecular weight excluding hydrogens is 342 g/mol. The first-order chi connectivity index (χ1) is 13.0. The van der Waals surface area contributed by atoms with Gasteiger partial charge in [0.2, 0.25) is 12.5 Å². The van der Waals surface area contributed by atoms with Crippen molar-refractivity contribution in [3.05, 3.63) is 53.1 Å². The van der Waals surface area contributed by atoms with E-state index in [2.05, 4.69) is 20.2 Å². The number of hydrogen-bond acceptors (Lipinski definition) is 4. The summed E-state index contributed by atoms with van der Waals surface area (Å²) in [6.07, 6.45) is 1.86. The van der Waals surface area contributed by atoms with Crippen molar-refractivity contribution in [2.24, 2.45) is 0 Å². The van der Waals surface area contributed by atoms with E-state index in [-0.39, 0.29) is 18.6 Å². The summed E-state index contributed by atoms with van der Waals surface area (Å²) in [4.78, 5) is 12.9. The maximum absolute atomic E-state index is 12.9. The number of likely N-dealkylation sites (N-methyl/N-ethyl adjacent to an activating group) is 1. The summed E-state index contributed by atoms with van der Waals surface area (Å²) in [5.41, 5.74) is 3.35. The Morgan fingerprint density at radius 2 is 2.00 bits per heavy atom. The van der Waals surface area contributed by atoms with Crippen molar-refractivity contribution in [2.75, 3.05) is 34.5 Å². The van der Waals surface area contributed by atoms with E-state index in [1.54, 1.807) is 7.11 Å². The number of ether oxygens (including phenoxy) is 3. The van der Waals surface area contributed by atoms with Crippen molar-refractivity contribution in [2.45, 2.75) is 25.3 Å². The Balaban J connectivity index is 1.69. The lowest BCUT2D eigenvalue weighted by molar-refractivity contribution is -0.922. The zero-order valence-electron chi connectivity index (χ0n) is 16.2. The third-order valence-corrected chi connectivity index (χ3v) is 5.75. The molecule has 2 aliphatic rings. The van der Waals surface area contributed by atoms with E-state index in [1.165, 1.54) is 5.56 Å². The summed E-state index contributed by atoms with van der Waals surface area (Å²) in [5, 5.41) is 0. The highest BCUT2D eigenvalue weighted by atomic mass is 16.7. The van der Waals surface area contributed by atoms with Crippen LogP contribution in [0.15, 0.2) is 36.4 Å². The molecule has 0 saturated carbocycles. The van der Waals surface area contributed by atoms with Gasteiger partial charge in [-0.05, 0) is 17.2 Å². The molecule has 0 aliphatic carbocycles. The van der Waals surface area contributed by atoms with E-state index in [0.717, 1.165) is 40.1 Å². The zero-order valence-corrected chi connectivity index (χ0v) is 16.2. The lowest BCUT2D eigenvalue weighted by atomic mass is 9.86. The van der Waals surface area contributed by atoms with Gasteiger partial charge in [0, 0.05) is 12.8 Å². The second kappa shape index (κ2) is 6.89. The van der Waals surface area contributed by atoms with Crippen molar-refractivity contribution in [1.82, 2.24) is 0 Å². The molecule has 0 fully saturated rings. The Bertz CT molecular complexity index is 860. The van der Waals surface area contributed by atoms with Crippen LogP contribution in [0.1, 0.15) is 29.2 Å². The van der Waals surface area contributed by atoms with E-state index in [1.807, 2.05) is 30.3 Å². The average molecular weight is 368 g/mol. The molecule has 0 bridgehead atoms. The summed E-state index contributed by atoms with van der Waals surface area (Å²) in [5.74, 6) is 2.37. The molecule has 5 heteroatoms. The maximum Gasteiger partial charge on any atom is 0.231 e. The molecule has 0 spiro atoms. The Kier molecular flexibility index (Phi) is 4.56. The highest BCUT2D eigenvalue weighted by molar-refractivity contribution is 5.82. The van der Waals surface area contributed by atoms with E-state index in [9.17, 15) is 4.79 Å². The van der Waals surface area contributed by atoms with E-state index >= 15 is 0 Å². The standard InChI is InChI=1S/C22H26NO4/c1-23(2)10-9-16-12-19-21(27-14-26-19)22(25-3)20(16)18(23)13-17(24)11-15-7-5-4-6-8-15/h4-8,12,18H,9-11,13-14H2,1-3H3/q+1/t18-/m1/s1. The van der Waals surface area contributed by atoms with Crippen molar-refractivity contribution in [1.29, 1.82) is 0 Å². The first-order valence-electron chi connectivity index (χ1n) is 9.37. The number of quaternary nitrogens is 1. The molecule has 5 nitrogen and oxygen atoms in total. The SMILES string of the molecule is COc1c2c(cc3c1[C@@H](CC(=O)Cc1ccccc1)[N+](C)(C)CC3)OCO2. The van der Waals surface area contributed by atoms with E-state index < -0.39 is 0 Å². The number of benzene rings is 2. The third-order valence-electron chi connectivity index (χ3n) is 5.75. The monoisotopic (exact) mass is 368 g/mol. The molecule has 1 atom stereocenters. The van der Waals surface area contributed by atoms with Gasteiger partial charge in [-0.1, -0.05) is 30.3 Å². The fourth-order valence-electron chi connectivity index (χ4n) is 4.23. The second-order valence-electron chi connectivity index (χ2n) is 7.89. The van der Waals surface area contributed by atoms with Crippen molar-refractivity contribution in [3.63, 3.8) is 0 Å². The maximum atomic E-state index is 12.9. The molecule has 0 unspecified atom stereocenters. The first-order valence-corrected chi connectivity index (χ1v) is 9.37. The van der Waals surface area contributed by atoms with Crippen molar-refractivity contribution in [3.8, 4) is 17.2 Å². The number of carbonyl (C=O) groups excluding carboxylic acids is 1. The van der Waals surface area contributed by atoms with Crippen LogP contribution in [0.2, 0.25) is 0 Å². The van der Waals surface area contributed by atoms with Crippen molar-refractivity contribution >= 4 is 5.78 Å². The van der Waals surface area contributed by atoms with Gasteiger partial charge in [-0.3, -0.25) is 4.79 Å².